The van der Waals surface area contributed by atoms with Crippen LogP contribution < -0.4 is 10.5 Å². The van der Waals surface area contributed by atoms with E-state index >= 15 is 0 Å². The van der Waals surface area contributed by atoms with Crippen LogP contribution in [0.25, 0.3) is 10.8 Å². The molecule has 160 valence electrons. The predicted octanol–water partition coefficient (Wildman–Crippen LogP) is 6.66. The first-order valence-corrected chi connectivity index (χ1v) is 11.0. The molecular weight excluding hydrogens is 406 g/mol. The lowest BCUT2D eigenvalue weighted by Crippen LogP contribution is -2.50. The molecule has 6 heteroatoms. The number of allylic oxidation sites excluding steroid dienone is 4. The molecule has 4 rings (SSSR count). The van der Waals surface area contributed by atoms with Crippen LogP contribution in [0.5, 0.6) is 5.75 Å². The highest BCUT2D eigenvalue weighted by Crippen LogP contribution is 2.50. The van der Waals surface area contributed by atoms with Gasteiger partial charge in [0.05, 0.1) is 11.1 Å². The lowest BCUT2D eigenvalue weighted by Gasteiger charge is -2.48. The Morgan fingerprint density at radius 2 is 2.03 bits per heavy atom. The maximum atomic E-state index is 14.0. The number of halogens is 3. The molecule has 2 unspecified atom stereocenters. The Morgan fingerprint density at radius 1 is 1.27 bits per heavy atom. The summed E-state index contributed by atoms with van der Waals surface area (Å²) in [7, 11) is 0. The number of hydrogen-bond acceptors (Lipinski definition) is 3. The van der Waals surface area contributed by atoms with E-state index in [1.54, 1.807) is 18.5 Å². The van der Waals surface area contributed by atoms with Crippen LogP contribution in [0.2, 0.25) is 5.02 Å². The Morgan fingerprint density at radius 3 is 2.73 bits per heavy atom. The first kappa shape index (κ1) is 21.3. The lowest BCUT2D eigenvalue weighted by atomic mass is 9.59. The van der Waals surface area contributed by atoms with E-state index in [1.165, 1.54) is 0 Å². The van der Waals surface area contributed by atoms with E-state index in [1.807, 2.05) is 25.1 Å². The molecule has 2 aromatic rings. The second-order valence-corrected chi connectivity index (χ2v) is 8.93. The van der Waals surface area contributed by atoms with Crippen molar-refractivity contribution in [3.8, 4) is 5.75 Å². The van der Waals surface area contributed by atoms with Crippen molar-refractivity contribution in [2.45, 2.75) is 57.6 Å². The van der Waals surface area contributed by atoms with E-state index in [-0.39, 0.29) is 29.9 Å². The monoisotopic (exact) mass is 432 g/mol. The molecule has 30 heavy (non-hydrogen) atoms. The maximum absolute atomic E-state index is 14.0. The molecule has 2 N–H and O–H groups in total. The summed E-state index contributed by atoms with van der Waals surface area (Å²) in [6, 6.07) is 5.62. The van der Waals surface area contributed by atoms with Crippen LogP contribution >= 0.6 is 11.6 Å². The van der Waals surface area contributed by atoms with Gasteiger partial charge in [-0.3, -0.25) is 4.98 Å². The molecule has 1 heterocycles. The van der Waals surface area contributed by atoms with Crippen molar-refractivity contribution in [1.29, 1.82) is 0 Å². The van der Waals surface area contributed by atoms with Crippen LogP contribution in [0.15, 0.2) is 54.4 Å². The fourth-order valence-corrected chi connectivity index (χ4v) is 5.33. The van der Waals surface area contributed by atoms with Gasteiger partial charge in [-0.25, -0.2) is 8.78 Å². The zero-order valence-corrected chi connectivity index (χ0v) is 17.8. The molecule has 0 saturated heterocycles. The highest BCUT2D eigenvalue weighted by Gasteiger charge is 2.46. The molecular formula is C24H27ClF2N2O. The van der Waals surface area contributed by atoms with E-state index in [2.05, 4.69) is 4.98 Å². The molecule has 2 aliphatic carbocycles. The smallest absolute Gasteiger partial charge is 0.138 e. The third kappa shape index (κ3) is 4.10. The van der Waals surface area contributed by atoms with Gasteiger partial charge in [0.2, 0.25) is 0 Å². The molecule has 3 nitrogen and oxygen atoms in total. The normalized spacial score (nSPS) is 28.0. The minimum Gasteiger partial charge on any atom is -0.489 e. The highest BCUT2D eigenvalue weighted by atomic mass is 35.5. The van der Waals surface area contributed by atoms with Crippen molar-refractivity contribution in [1.82, 2.24) is 4.98 Å². The number of nitrogens with zero attached hydrogens (tertiary/aromatic N) is 1. The minimum absolute atomic E-state index is 0.00299. The summed E-state index contributed by atoms with van der Waals surface area (Å²) in [6.07, 6.45) is 10.1. The zero-order valence-electron chi connectivity index (χ0n) is 17.1. The molecule has 0 radical (unpaired) electrons. The highest BCUT2D eigenvalue weighted by molar-refractivity contribution is 6.32. The zero-order chi connectivity index (χ0) is 21.3. The summed E-state index contributed by atoms with van der Waals surface area (Å²) in [5.74, 6) is -0.471. The summed E-state index contributed by atoms with van der Waals surface area (Å²) in [5.41, 5.74) is 6.20. The van der Waals surface area contributed by atoms with E-state index in [9.17, 15) is 8.78 Å². The third-order valence-electron chi connectivity index (χ3n) is 6.84. The van der Waals surface area contributed by atoms with E-state index in [0.717, 1.165) is 49.0 Å². The molecule has 0 bridgehead atoms. The van der Waals surface area contributed by atoms with Gasteiger partial charge in [-0.2, -0.15) is 0 Å². The topological polar surface area (TPSA) is 48.1 Å². The molecule has 2 aliphatic rings. The number of benzene rings is 1. The van der Waals surface area contributed by atoms with Crippen molar-refractivity contribution < 1.29 is 13.5 Å². The molecule has 1 saturated carbocycles. The Balaban J connectivity index is 1.51. The number of hydrogen-bond donors (Lipinski definition) is 1. The van der Waals surface area contributed by atoms with Gasteiger partial charge >= 0.3 is 0 Å². The number of fused-ring (bicyclic) bond motifs is 1. The summed E-state index contributed by atoms with van der Waals surface area (Å²) in [4.78, 5) is 4.12. The van der Waals surface area contributed by atoms with Crippen molar-refractivity contribution in [2.75, 3.05) is 0 Å². The van der Waals surface area contributed by atoms with Crippen LogP contribution in [0.4, 0.5) is 8.78 Å². The predicted molar refractivity (Wildman–Crippen MR) is 117 cm³/mol. The van der Waals surface area contributed by atoms with Gasteiger partial charge in [0.15, 0.2) is 0 Å². The fourth-order valence-electron chi connectivity index (χ4n) is 5.11. The van der Waals surface area contributed by atoms with Crippen LogP contribution in [-0.4, -0.2) is 17.1 Å². The van der Waals surface area contributed by atoms with Crippen LogP contribution in [0.3, 0.4) is 0 Å². The largest absolute Gasteiger partial charge is 0.489 e. The van der Waals surface area contributed by atoms with Crippen LogP contribution in [-0.2, 0) is 0 Å². The van der Waals surface area contributed by atoms with E-state index in [4.69, 9.17) is 22.1 Å². The average Bonchev–Trinajstić information content (AvgIpc) is 2.73. The van der Waals surface area contributed by atoms with E-state index in [0.29, 0.717) is 10.8 Å². The van der Waals surface area contributed by atoms with Gasteiger partial charge in [0, 0.05) is 36.3 Å². The molecule has 0 aliphatic heterocycles. The number of rotatable bonds is 5. The summed E-state index contributed by atoms with van der Waals surface area (Å²) in [5, 5.41) is 2.54. The first-order valence-electron chi connectivity index (χ1n) is 10.6. The summed E-state index contributed by atoms with van der Waals surface area (Å²) >= 11 is 6.44. The summed E-state index contributed by atoms with van der Waals surface area (Å²) < 4.78 is 34.2. The quantitative estimate of drug-likeness (QED) is 0.574. The minimum atomic E-state index is -0.498. The molecule has 1 aromatic carbocycles. The first-order chi connectivity index (χ1) is 14.4. The number of nitrogens with two attached hydrogens (primary N) is 1. The Kier molecular flexibility index (Phi) is 6.12. The molecule has 2 atom stereocenters. The SMILES string of the molecule is CCC(N)[C@]1(C2C=C(F)C=C(F)C2)CC[C@H](Oc2cc3ccncc3cc2Cl)CC1. The third-order valence-corrected chi connectivity index (χ3v) is 7.13. The average molecular weight is 433 g/mol. The van der Waals surface area contributed by atoms with Gasteiger partial charge in [-0.05, 0) is 73.1 Å². The molecule has 0 amide bonds. The van der Waals surface area contributed by atoms with Gasteiger partial charge in [0.25, 0.3) is 0 Å². The standard InChI is InChI=1S/C24H27ClF2N2O/c1-2-23(28)24(17-11-18(26)13-19(27)12-17)6-3-20(4-7-24)30-22-10-15-5-8-29-14-16(15)9-21(22)25/h5,8-11,13-14,17,20,23H,2-4,6-7,12,28H2,1H3/t17?,20-,23?,24+. The van der Waals surface area contributed by atoms with E-state index < -0.39 is 11.7 Å². The fraction of sp³-hybridized carbons (Fsp3) is 0.458. The molecule has 1 fully saturated rings. The van der Waals surface area contributed by atoms with Crippen molar-refractivity contribution in [3.05, 3.63) is 59.4 Å². The van der Waals surface area contributed by atoms with Gasteiger partial charge in [-0.15, -0.1) is 0 Å². The molecule has 0 spiro atoms. The number of aromatic nitrogens is 1. The Bertz CT molecular complexity index is 982. The lowest BCUT2D eigenvalue weighted by molar-refractivity contribution is 0.0265. The van der Waals surface area contributed by atoms with Crippen LogP contribution in [0, 0.1) is 11.3 Å². The number of pyridine rings is 1. The second kappa shape index (κ2) is 8.64. The molecule has 1 aromatic heterocycles. The maximum Gasteiger partial charge on any atom is 0.138 e. The van der Waals surface area contributed by atoms with Crippen molar-refractivity contribution in [2.24, 2.45) is 17.1 Å². The Hall–Kier alpha value is -1.98. The Labute approximate surface area is 181 Å². The van der Waals surface area contributed by atoms with Gasteiger partial charge in [-0.1, -0.05) is 18.5 Å². The van der Waals surface area contributed by atoms with Gasteiger partial charge in [0.1, 0.15) is 17.4 Å². The van der Waals surface area contributed by atoms with Gasteiger partial charge < -0.3 is 10.5 Å². The summed E-state index contributed by atoms with van der Waals surface area (Å²) in [6.45, 7) is 2.04. The second-order valence-electron chi connectivity index (χ2n) is 8.52. The van der Waals surface area contributed by atoms with Crippen molar-refractivity contribution >= 4 is 22.4 Å². The number of ether oxygens (including phenoxy) is 1. The van der Waals surface area contributed by atoms with Crippen LogP contribution in [0.1, 0.15) is 45.4 Å². The van der Waals surface area contributed by atoms with Crippen molar-refractivity contribution in [3.63, 3.8) is 0 Å².